The molecule has 39 heavy (non-hydrogen) atoms. The Kier molecular flexibility index (Phi) is 11.1. The molecule has 1 saturated carbocycles. The second kappa shape index (κ2) is 13.2. The zero-order valence-electron chi connectivity index (χ0n) is 23.6. The Labute approximate surface area is 231 Å². The Morgan fingerprint density at radius 2 is 1.67 bits per heavy atom. The molecule has 3 atom stereocenters. The number of carbonyl (C=O) groups excluding carboxylic acids is 2. The smallest absolute Gasteiger partial charge is 0.324 e. The molecule has 0 spiro atoms. The molecule has 1 amide bonds. The third-order valence-corrected chi connectivity index (χ3v) is 9.16. The number of nitrogens with zero attached hydrogens (tertiary/aromatic N) is 1. The molecule has 2 unspecified atom stereocenters. The summed E-state index contributed by atoms with van der Waals surface area (Å²) < 4.78 is 34.4. The maximum absolute atomic E-state index is 13.2. The number of aliphatic carboxylic acids is 1. The van der Waals surface area contributed by atoms with Crippen molar-refractivity contribution >= 4 is 28.1 Å². The van der Waals surface area contributed by atoms with Gasteiger partial charge in [0.05, 0.1) is 24.5 Å². The third kappa shape index (κ3) is 8.47. The number of carbonyl (C=O) groups is 3. The minimum absolute atomic E-state index is 0.00339. The highest BCUT2D eigenvalue weighted by atomic mass is 32.2. The number of methoxy groups -OCH3 is 1. The first-order valence-corrected chi connectivity index (χ1v) is 14.7. The van der Waals surface area contributed by atoms with Crippen molar-refractivity contribution < 1.29 is 37.8 Å². The van der Waals surface area contributed by atoms with Crippen LogP contribution in [0.4, 0.5) is 0 Å². The van der Waals surface area contributed by atoms with Gasteiger partial charge in [-0.1, -0.05) is 51.1 Å². The standard InChI is InChI=1S/C27H43N3O8S/c1-18(2)14-17-30(39(36,37)29-27(15-16-27)24(33)34)22(31)13-12-21(20-10-8-7-9-11-20)28-23(32)19(3)26(4,5)25(35)38-6/h7-11,18-19,21-22,29,31H,12-17H2,1-6H3,(H,28,32)(H,33,34)/t19-,21?,22?/m0/s1. The number of rotatable bonds is 16. The molecule has 4 N–H and O–H groups in total. The third-order valence-electron chi connectivity index (χ3n) is 7.47. The summed E-state index contributed by atoms with van der Waals surface area (Å²) in [5.74, 6) is -2.76. The van der Waals surface area contributed by atoms with Crippen molar-refractivity contribution in [2.75, 3.05) is 13.7 Å². The number of aliphatic hydroxyl groups is 1. The maximum Gasteiger partial charge on any atom is 0.324 e. The van der Waals surface area contributed by atoms with E-state index in [1.165, 1.54) is 7.11 Å². The van der Waals surface area contributed by atoms with E-state index in [2.05, 4.69) is 10.0 Å². The number of nitrogens with one attached hydrogen (secondary N) is 2. The molecule has 1 fully saturated rings. The molecule has 0 heterocycles. The minimum Gasteiger partial charge on any atom is -0.480 e. The van der Waals surface area contributed by atoms with Crippen LogP contribution in [-0.4, -0.2) is 66.2 Å². The van der Waals surface area contributed by atoms with Gasteiger partial charge >= 0.3 is 11.9 Å². The van der Waals surface area contributed by atoms with E-state index in [1.807, 2.05) is 32.0 Å². The number of hydrogen-bond donors (Lipinski definition) is 4. The van der Waals surface area contributed by atoms with E-state index in [0.29, 0.717) is 6.42 Å². The molecular formula is C27H43N3O8S. The first-order valence-electron chi connectivity index (χ1n) is 13.2. The predicted molar refractivity (Wildman–Crippen MR) is 145 cm³/mol. The predicted octanol–water partition coefficient (Wildman–Crippen LogP) is 2.58. The maximum atomic E-state index is 13.2. The van der Waals surface area contributed by atoms with E-state index in [4.69, 9.17) is 4.74 Å². The highest BCUT2D eigenvalue weighted by molar-refractivity contribution is 7.87. The van der Waals surface area contributed by atoms with Crippen LogP contribution in [0.15, 0.2) is 30.3 Å². The van der Waals surface area contributed by atoms with E-state index < -0.39 is 57.2 Å². The van der Waals surface area contributed by atoms with Crippen LogP contribution in [0, 0.1) is 17.3 Å². The van der Waals surface area contributed by atoms with Crippen LogP contribution < -0.4 is 10.0 Å². The number of esters is 1. The number of carboxylic acids is 1. The van der Waals surface area contributed by atoms with E-state index in [-0.39, 0.29) is 38.1 Å². The van der Waals surface area contributed by atoms with E-state index >= 15 is 0 Å². The zero-order chi connectivity index (χ0) is 29.6. The van der Waals surface area contributed by atoms with Crippen LogP contribution >= 0.6 is 0 Å². The fourth-order valence-electron chi connectivity index (χ4n) is 4.14. The van der Waals surface area contributed by atoms with Gasteiger partial charge in [-0.05, 0) is 57.4 Å². The summed E-state index contributed by atoms with van der Waals surface area (Å²) in [6.07, 6.45) is -0.501. The molecule has 11 nitrogen and oxygen atoms in total. The highest BCUT2D eigenvalue weighted by Crippen LogP contribution is 2.37. The number of amides is 1. The lowest BCUT2D eigenvalue weighted by atomic mass is 9.79. The Morgan fingerprint density at radius 3 is 2.15 bits per heavy atom. The molecule has 0 radical (unpaired) electrons. The van der Waals surface area contributed by atoms with Crippen LogP contribution in [0.3, 0.4) is 0 Å². The van der Waals surface area contributed by atoms with Crippen LogP contribution in [0.25, 0.3) is 0 Å². The Hall–Kier alpha value is -2.54. The lowest BCUT2D eigenvalue weighted by molar-refractivity contribution is -0.157. The zero-order valence-corrected chi connectivity index (χ0v) is 24.5. The van der Waals surface area contributed by atoms with Crippen LogP contribution in [0.1, 0.15) is 78.3 Å². The Morgan fingerprint density at radius 1 is 1.08 bits per heavy atom. The lowest BCUT2D eigenvalue weighted by Gasteiger charge is -2.32. The molecule has 220 valence electrons. The summed E-state index contributed by atoms with van der Waals surface area (Å²) in [6, 6.07) is 8.47. The highest BCUT2D eigenvalue weighted by Gasteiger charge is 2.54. The molecule has 1 aromatic carbocycles. The number of carboxylic acid groups (broad SMARTS) is 1. The molecule has 12 heteroatoms. The second-order valence-corrected chi connectivity index (χ2v) is 12.9. The molecule has 1 aliphatic rings. The van der Waals surface area contributed by atoms with Crippen LogP contribution in [0.2, 0.25) is 0 Å². The largest absolute Gasteiger partial charge is 0.480 e. The van der Waals surface area contributed by atoms with Gasteiger partial charge < -0.3 is 20.3 Å². The summed E-state index contributed by atoms with van der Waals surface area (Å²) in [6.45, 7) is 8.71. The van der Waals surface area contributed by atoms with Crippen LogP contribution in [-0.2, 0) is 29.3 Å². The average molecular weight is 570 g/mol. The molecular weight excluding hydrogens is 526 g/mol. The summed E-state index contributed by atoms with van der Waals surface area (Å²) >= 11 is 0. The van der Waals surface area contributed by atoms with Crippen LogP contribution in [0.5, 0.6) is 0 Å². The molecule has 0 bridgehead atoms. The molecule has 0 saturated heterocycles. The summed E-state index contributed by atoms with van der Waals surface area (Å²) in [5.41, 5.74) is -1.88. The fraction of sp³-hybridized carbons (Fsp3) is 0.667. The SMILES string of the molecule is COC(=O)C(C)(C)[C@@H](C)C(=O)NC(CCC(O)N(CCC(C)C)S(=O)(=O)NC1(C(=O)O)CC1)c1ccccc1. The van der Waals surface area contributed by atoms with Gasteiger partial charge in [-0.2, -0.15) is 17.4 Å². The molecule has 0 aliphatic heterocycles. The van der Waals surface area contributed by atoms with Gasteiger partial charge in [0.1, 0.15) is 11.8 Å². The average Bonchev–Trinajstić information content (AvgIpc) is 3.65. The van der Waals surface area contributed by atoms with Crippen molar-refractivity contribution in [3.63, 3.8) is 0 Å². The molecule has 1 aromatic rings. The van der Waals surface area contributed by atoms with Gasteiger partial charge in [-0.25, -0.2) is 0 Å². The van der Waals surface area contributed by atoms with Crippen molar-refractivity contribution in [3.8, 4) is 0 Å². The van der Waals surface area contributed by atoms with Gasteiger partial charge in [0.15, 0.2) is 0 Å². The van der Waals surface area contributed by atoms with Crippen molar-refractivity contribution in [2.45, 2.75) is 84.5 Å². The van der Waals surface area contributed by atoms with Crippen molar-refractivity contribution in [1.82, 2.24) is 14.3 Å². The van der Waals surface area contributed by atoms with Gasteiger partial charge in [0.2, 0.25) is 5.91 Å². The fourth-order valence-corrected chi connectivity index (χ4v) is 5.81. The summed E-state index contributed by atoms with van der Waals surface area (Å²) in [4.78, 5) is 37.0. The van der Waals surface area contributed by atoms with Crippen molar-refractivity contribution in [1.29, 1.82) is 0 Å². The Balaban J connectivity index is 2.24. The topological polar surface area (TPSA) is 162 Å². The summed E-state index contributed by atoms with van der Waals surface area (Å²) in [5, 5.41) is 23.5. The van der Waals surface area contributed by atoms with E-state index in [0.717, 1.165) is 9.87 Å². The van der Waals surface area contributed by atoms with Gasteiger partial charge in [-0.15, -0.1) is 0 Å². The minimum atomic E-state index is -4.32. The number of ether oxygens (including phenoxy) is 1. The first-order chi connectivity index (χ1) is 18.1. The van der Waals surface area contributed by atoms with Crippen molar-refractivity contribution in [3.05, 3.63) is 35.9 Å². The van der Waals surface area contributed by atoms with E-state index in [1.54, 1.807) is 32.9 Å². The number of hydrogen-bond acceptors (Lipinski definition) is 7. The number of aliphatic hydroxyl groups excluding tert-OH is 1. The van der Waals surface area contributed by atoms with Gasteiger partial charge in [0, 0.05) is 6.54 Å². The van der Waals surface area contributed by atoms with E-state index in [9.17, 15) is 33.0 Å². The number of benzene rings is 1. The molecule has 2 rings (SSSR count). The second-order valence-electron chi connectivity index (χ2n) is 11.3. The normalized spacial score (nSPS) is 17.4. The van der Waals surface area contributed by atoms with Gasteiger partial charge in [-0.3, -0.25) is 14.4 Å². The first kappa shape index (κ1) is 32.7. The van der Waals surface area contributed by atoms with Crippen molar-refractivity contribution in [2.24, 2.45) is 17.3 Å². The summed E-state index contributed by atoms with van der Waals surface area (Å²) in [7, 11) is -3.06. The quantitative estimate of drug-likeness (QED) is 0.174. The lowest BCUT2D eigenvalue weighted by Crippen LogP contribution is -2.53. The molecule has 1 aliphatic carbocycles. The molecule has 0 aromatic heterocycles. The monoisotopic (exact) mass is 569 g/mol. The van der Waals surface area contributed by atoms with Gasteiger partial charge in [0.25, 0.3) is 10.2 Å². The Bertz CT molecular complexity index is 1100.